The second-order valence-electron chi connectivity index (χ2n) is 5.12. The van der Waals surface area contributed by atoms with Crippen LogP contribution in [0.5, 0.6) is 0 Å². The molecule has 128 valence electrons. The number of ether oxygens (including phenoxy) is 2. The van der Waals surface area contributed by atoms with Crippen molar-refractivity contribution in [3.8, 4) is 0 Å². The number of allylic oxidation sites excluding steroid dienone is 2. The van der Waals surface area contributed by atoms with Crippen LogP contribution in [0, 0.1) is 0 Å². The van der Waals surface area contributed by atoms with Gasteiger partial charge in [-0.2, -0.15) is 0 Å². The molecule has 2 aromatic rings. The summed E-state index contributed by atoms with van der Waals surface area (Å²) in [6.07, 6.45) is 2.29. The van der Waals surface area contributed by atoms with Gasteiger partial charge < -0.3 is 14.4 Å². The summed E-state index contributed by atoms with van der Waals surface area (Å²) < 4.78 is 10.6. The Bertz CT molecular complexity index is 712. The van der Waals surface area contributed by atoms with E-state index in [-0.39, 0.29) is 12.4 Å². The van der Waals surface area contributed by atoms with E-state index in [4.69, 9.17) is 9.47 Å². The van der Waals surface area contributed by atoms with Gasteiger partial charge in [-0.15, -0.1) is 0 Å². The molecule has 0 aliphatic rings. The van der Waals surface area contributed by atoms with Gasteiger partial charge in [0.25, 0.3) is 0 Å². The van der Waals surface area contributed by atoms with E-state index in [9.17, 15) is 4.79 Å². The average molecular weight is 335 g/mol. The molecule has 0 unspecified atom stereocenters. The molecule has 2 rings (SSSR count). The van der Waals surface area contributed by atoms with Crippen LogP contribution in [-0.2, 0) is 14.3 Å². The first-order valence-corrected chi connectivity index (χ1v) is 7.76. The second kappa shape index (κ2) is 9.25. The van der Waals surface area contributed by atoms with Gasteiger partial charge >= 0.3 is 0 Å². The van der Waals surface area contributed by atoms with Crippen molar-refractivity contribution in [2.75, 3.05) is 18.8 Å². The Kier molecular flexibility index (Phi) is 6.75. The van der Waals surface area contributed by atoms with Gasteiger partial charge in [-0.05, 0) is 30.3 Å². The summed E-state index contributed by atoms with van der Waals surface area (Å²) in [5.41, 5.74) is 2.62. The molecule has 0 saturated heterocycles. The van der Waals surface area contributed by atoms with Gasteiger partial charge in [0, 0.05) is 18.5 Å². The molecule has 0 fully saturated rings. The van der Waals surface area contributed by atoms with Crippen LogP contribution >= 0.6 is 0 Å². The van der Waals surface area contributed by atoms with Crippen molar-refractivity contribution < 1.29 is 14.3 Å². The highest BCUT2D eigenvalue weighted by Gasteiger charge is 2.19. The lowest BCUT2D eigenvalue weighted by Crippen LogP contribution is -2.19. The lowest BCUT2D eigenvalue weighted by atomic mass is 10.1. The van der Waals surface area contributed by atoms with Gasteiger partial charge in [0.1, 0.15) is 0 Å². The maximum absolute atomic E-state index is 11.3. The minimum Gasteiger partial charge on any atom is -0.465 e. The second-order valence-corrected chi connectivity index (χ2v) is 5.12. The van der Waals surface area contributed by atoms with Gasteiger partial charge in [0.2, 0.25) is 0 Å². The zero-order valence-electron chi connectivity index (χ0n) is 14.2. The summed E-state index contributed by atoms with van der Waals surface area (Å²) in [5.74, 6) is 0.319. The third-order valence-corrected chi connectivity index (χ3v) is 3.45. The zero-order valence-corrected chi connectivity index (χ0v) is 14.2. The predicted octanol–water partition coefficient (Wildman–Crippen LogP) is 4.60. The summed E-state index contributed by atoms with van der Waals surface area (Å²) in [7, 11) is 1.51. The number of anilines is 2. The van der Waals surface area contributed by atoms with Crippen LogP contribution in [0.4, 0.5) is 11.4 Å². The molecule has 0 amide bonds. The summed E-state index contributed by atoms with van der Waals surface area (Å²) in [6, 6.07) is 19.5. The number of benzene rings is 2. The number of para-hydroxylation sites is 2. The van der Waals surface area contributed by atoms with Gasteiger partial charge in [-0.3, -0.25) is 4.79 Å². The molecule has 0 bridgehead atoms. The van der Waals surface area contributed by atoms with E-state index in [2.05, 4.69) is 13.2 Å². The van der Waals surface area contributed by atoms with E-state index >= 15 is 0 Å². The lowest BCUT2D eigenvalue weighted by molar-refractivity contribution is -0.105. The topological polar surface area (TPSA) is 38.8 Å². The van der Waals surface area contributed by atoms with Gasteiger partial charge in [-0.25, -0.2) is 0 Å². The Labute approximate surface area is 148 Å². The van der Waals surface area contributed by atoms with Crippen LogP contribution in [-0.4, -0.2) is 20.2 Å². The molecule has 0 heterocycles. The number of methoxy groups -OCH3 is 1. The highest BCUT2D eigenvalue weighted by molar-refractivity contribution is 5.81. The molecule has 0 aliphatic carbocycles. The molecule has 4 heteroatoms. The first-order chi connectivity index (χ1) is 12.2. The Balaban J connectivity index is 2.67. The Morgan fingerprint density at radius 2 is 1.56 bits per heavy atom. The van der Waals surface area contributed by atoms with Crippen molar-refractivity contribution >= 4 is 17.7 Å². The predicted molar refractivity (Wildman–Crippen MR) is 100 cm³/mol. The molecule has 4 nitrogen and oxygen atoms in total. The number of hydrogen-bond donors (Lipinski definition) is 0. The van der Waals surface area contributed by atoms with Crippen LogP contribution in [0.25, 0.3) is 0 Å². The number of hydrogen-bond acceptors (Lipinski definition) is 4. The van der Waals surface area contributed by atoms with E-state index in [0.29, 0.717) is 17.7 Å². The van der Waals surface area contributed by atoms with E-state index in [1.54, 1.807) is 6.08 Å². The Morgan fingerprint density at radius 3 is 1.96 bits per heavy atom. The Hall–Kier alpha value is -3.11. The molecule has 0 saturated carbocycles. The SMILES string of the molecule is C=C/C(=C(/OCOC)C(=C)C=O)N(c1ccccc1)c1ccccc1. The maximum atomic E-state index is 11.3. The number of rotatable bonds is 9. The highest BCUT2D eigenvalue weighted by atomic mass is 16.7. The molecule has 25 heavy (non-hydrogen) atoms. The summed E-state index contributed by atoms with van der Waals surface area (Å²) >= 11 is 0. The molecular formula is C21H21NO3. The van der Waals surface area contributed by atoms with E-state index in [1.165, 1.54) is 7.11 Å². The van der Waals surface area contributed by atoms with Crippen LogP contribution < -0.4 is 4.90 Å². The summed E-state index contributed by atoms with van der Waals surface area (Å²) in [6.45, 7) is 7.68. The number of carbonyl (C=O) groups is 1. The quantitative estimate of drug-likeness (QED) is 0.221. The minimum atomic E-state index is -0.00302. The van der Waals surface area contributed by atoms with Crippen molar-refractivity contribution in [3.63, 3.8) is 0 Å². The molecule has 0 spiro atoms. The van der Waals surface area contributed by atoms with Crippen LogP contribution in [0.2, 0.25) is 0 Å². The first-order valence-electron chi connectivity index (χ1n) is 7.76. The summed E-state index contributed by atoms with van der Waals surface area (Å²) in [4.78, 5) is 13.3. The molecule has 0 N–H and O–H groups in total. The van der Waals surface area contributed by atoms with Crippen molar-refractivity contribution in [1.29, 1.82) is 0 Å². The van der Waals surface area contributed by atoms with E-state index in [1.807, 2.05) is 65.6 Å². The van der Waals surface area contributed by atoms with Crippen LogP contribution in [0.3, 0.4) is 0 Å². The van der Waals surface area contributed by atoms with Crippen molar-refractivity contribution in [1.82, 2.24) is 0 Å². The zero-order chi connectivity index (χ0) is 18.1. The first kappa shape index (κ1) is 18.2. The standard InChI is InChI=1S/C21H21NO3/c1-4-20(21(17(2)15-23)25-16-24-3)22(18-11-7-5-8-12-18)19-13-9-6-10-14-19/h4-15H,1-2,16H2,3H3/b21-20-. The largest absolute Gasteiger partial charge is 0.465 e. The van der Waals surface area contributed by atoms with Crippen LogP contribution in [0.1, 0.15) is 0 Å². The minimum absolute atomic E-state index is 0.00302. The molecule has 0 atom stereocenters. The molecular weight excluding hydrogens is 314 g/mol. The van der Waals surface area contributed by atoms with Gasteiger partial charge in [0.15, 0.2) is 18.8 Å². The van der Waals surface area contributed by atoms with E-state index in [0.717, 1.165) is 11.4 Å². The third-order valence-electron chi connectivity index (χ3n) is 3.45. The Morgan fingerprint density at radius 1 is 1.04 bits per heavy atom. The number of nitrogens with zero attached hydrogens (tertiary/aromatic N) is 1. The fourth-order valence-corrected chi connectivity index (χ4v) is 2.37. The normalized spacial score (nSPS) is 11.2. The van der Waals surface area contributed by atoms with E-state index < -0.39 is 0 Å². The third kappa shape index (κ3) is 4.46. The van der Waals surface area contributed by atoms with Crippen LogP contribution in [0.15, 0.2) is 96.9 Å². The molecule has 0 radical (unpaired) electrons. The maximum Gasteiger partial charge on any atom is 0.188 e. The number of aldehydes is 1. The highest BCUT2D eigenvalue weighted by Crippen LogP contribution is 2.32. The van der Waals surface area contributed by atoms with Gasteiger partial charge in [-0.1, -0.05) is 49.6 Å². The summed E-state index contributed by atoms with van der Waals surface area (Å²) in [5, 5.41) is 0. The molecule has 2 aromatic carbocycles. The van der Waals surface area contributed by atoms with Crippen molar-refractivity contribution in [2.45, 2.75) is 0 Å². The van der Waals surface area contributed by atoms with Gasteiger partial charge in [0.05, 0.1) is 11.3 Å². The average Bonchev–Trinajstić information content (AvgIpc) is 2.68. The molecule has 0 aliphatic heterocycles. The van der Waals surface area contributed by atoms with Crippen molar-refractivity contribution in [2.24, 2.45) is 0 Å². The monoisotopic (exact) mass is 335 g/mol. The fourth-order valence-electron chi connectivity index (χ4n) is 2.37. The molecule has 0 aromatic heterocycles. The number of carbonyl (C=O) groups excluding carboxylic acids is 1. The van der Waals surface area contributed by atoms with Crippen molar-refractivity contribution in [3.05, 3.63) is 96.9 Å². The lowest BCUT2D eigenvalue weighted by Gasteiger charge is -2.28. The fraction of sp³-hybridized carbons (Fsp3) is 0.0952. The smallest absolute Gasteiger partial charge is 0.188 e.